The van der Waals surface area contributed by atoms with Crippen LogP contribution in [-0.2, 0) is 23.3 Å². The zero-order valence-electron chi connectivity index (χ0n) is 13.4. The first kappa shape index (κ1) is 21.1. The minimum absolute atomic E-state index is 0.783. The van der Waals surface area contributed by atoms with E-state index in [4.69, 9.17) is 11.8 Å². The predicted octanol–water partition coefficient (Wildman–Crippen LogP) is 6.37. The van der Waals surface area contributed by atoms with E-state index in [1.165, 1.54) is 21.3 Å². The lowest BCUT2D eigenvalue weighted by molar-refractivity contribution is 1.35. The molecular weight excluding hydrogens is 428 g/mol. The van der Waals surface area contributed by atoms with Gasteiger partial charge in [-0.25, -0.2) is 0 Å². The van der Waals surface area contributed by atoms with E-state index in [1.54, 1.807) is 11.8 Å². The van der Waals surface area contributed by atoms with Crippen molar-refractivity contribution in [1.82, 2.24) is 0 Å². The van der Waals surface area contributed by atoms with E-state index in [9.17, 15) is 0 Å². The molecule has 0 amide bonds. The molecule has 1 atom stereocenters. The van der Waals surface area contributed by atoms with Gasteiger partial charge in [0.2, 0.25) is 0 Å². The van der Waals surface area contributed by atoms with Crippen LogP contribution in [-0.4, -0.2) is 17.8 Å². The Balaban J connectivity index is 2.14. The number of thiol groups is 2. The van der Waals surface area contributed by atoms with E-state index in [2.05, 4.69) is 80.0 Å². The van der Waals surface area contributed by atoms with Crippen molar-refractivity contribution in [2.75, 3.05) is 17.8 Å². The first-order valence-electron chi connectivity index (χ1n) is 7.44. The second kappa shape index (κ2) is 10.9. The van der Waals surface area contributed by atoms with Crippen LogP contribution in [0.5, 0.6) is 0 Å². The Kier molecular flexibility index (Phi) is 9.57. The molecule has 0 saturated heterocycles. The lowest BCUT2D eigenvalue weighted by Crippen LogP contribution is -2.00. The summed E-state index contributed by atoms with van der Waals surface area (Å²) in [7, 11) is 0. The summed E-state index contributed by atoms with van der Waals surface area (Å²) in [6.07, 6.45) is 2.10. The number of hydrogen-bond acceptors (Lipinski definition) is 6. The van der Waals surface area contributed by atoms with Gasteiger partial charge in [-0.1, -0.05) is 48.2 Å². The molecule has 0 aliphatic heterocycles. The lowest BCUT2D eigenvalue weighted by Gasteiger charge is -2.21. The Morgan fingerprint density at radius 3 is 2.08 bits per heavy atom. The summed E-state index contributed by atoms with van der Waals surface area (Å²) in [6.45, 7) is 0. The summed E-state index contributed by atoms with van der Waals surface area (Å²) < 4.78 is -1.71. The molecule has 0 heterocycles. The van der Waals surface area contributed by atoms with E-state index < -0.39 is 4.44 Å². The van der Waals surface area contributed by atoms with Gasteiger partial charge in [-0.3, -0.25) is 0 Å². The topological polar surface area (TPSA) is 0 Å². The molecule has 2 aromatic rings. The minimum Gasteiger partial charge on any atom is -0.178 e. The first-order chi connectivity index (χ1) is 11.6. The largest absolute Gasteiger partial charge is 0.178 e. The standard InChI is InChI=1S/C17H21PS6/c1-22-17-8-6-16(7-9-17)18(21,23-11-10-19)24-13-15-4-2-14(12-20)3-5-15/h2-9,19-20H,10-13H2,1H3. The van der Waals surface area contributed by atoms with Gasteiger partial charge in [-0.15, -0.1) is 34.5 Å². The number of benzene rings is 2. The van der Waals surface area contributed by atoms with Crippen molar-refractivity contribution in [3.8, 4) is 0 Å². The predicted molar refractivity (Wildman–Crippen MR) is 129 cm³/mol. The molecule has 0 aliphatic rings. The Morgan fingerprint density at radius 2 is 1.54 bits per heavy atom. The molecule has 2 aromatic carbocycles. The van der Waals surface area contributed by atoms with Gasteiger partial charge in [0.05, 0.1) is 4.44 Å². The number of rotatable bonds is 9. The average molecular weight is 449 g/mol. The third-order valence-corrected chi connectivity index (χ3v) is 16.1. The monoisotopic (exact) mass is 448 g/mol. The summed E-state index contributed by atoms with van der Waals surface area (Å²) in [6, 6.07) is 17.5. The summed E-state index contributed by atoms with van der Waals surface area (Å²) >= 11 is 20.4. The zero-order chi connectivity index (χ0) is 17.4. The molecule has 130 valence electrons. The maximum Gasteiger partial charge on any atom is 0.0853 e. The van der Waals surface area contributed by atoms with Crippen LogP contribution in [0.15, 0.2) is 53.4 Å². The third-order valence-electron chi connectivity index (χ3n) is 3.35. The van der Waals surface area contributed by atoms with Crippen LogP contribution < -0.4 is 5.30 Å². The SMILES string of the molecule is CSc1ccc(P(=S)(SCCS)SCc2ccc(CS)cc2)cc1. The molecule has 2 rings (SSSR count). The third kappa shape index (κ3) is 6.22. The lowest BCUT2D eigenvalue weighted by atomic mass is 10.2. The van der Waals surface area contributed by atoms with E-state index in [-0.39, 0.29) is 0 Å². The van der Waals surface area contributed by atoms with Crippen LogP contribution in [0, 0.1) is 0 Å². The van der Waals surface area contributed by atoms with Crippen molar-refractivity contribution in [3.63, 3.8) is 0 Å². The molecule has 7 heteroatoms. The minimum atomic E-state index is -1.71. The number of thioether (sulfide) groups is 1. The number of hydrogen-bond donors (Lipinski definition) is 2. The van der Waals surface area contributed by atoms with Crippen molar-refractivity contribution in [3.05, 3.63) is 59.7 Å². The van der Waals surface area contributed by atoms with Crippen LogP contribution >= 0.6 is 64.2 Å². The average Bonchev–Trinajstić information content (AvgIpc) is 2.65. The molecule has 0 radical (unpaired) electrons. The van der Waals surface area contributed by atoms with Gasteiger partial charge in [0.15, 0.2) is 0 Å². The van der Waals surface area contributed by atoms with Gasteiger partial charge in [-0.05, 0) is 35.3 Å². The second-order valence-electron chi connectivity index (χ2n) is 5.00. The Morgan fingerprint density at radius 1 is 0.917 bits per heavy atom. The van der Waals surface area contributed by atoms with Gasteiger partial charge in [0.25, 0.3) is 0 Å². The molecule has 24 heavy (non-hydrogen) atoms. The highest BCUT2D eigenvalue weighted by atomic mass is 33.2. The highest BCUT2D eigenvalue weighted by molar-refractivity contribution is 9.02. The van der Waals surface area contributed by atoms with Crippen LogP contribution in [0.2, 0.25) is 0 Å². The molecule has 0 saturated carbocycles. The molecule has 0 aromatic heterocycles. The maximum absolute atomic E-state index is 6.15. The summed E-state index contributed by atoms with van der Waals surface area (Å²) in [5.74, 6) is 3.60. The van der Waals surface area contributed by atoms with Crippen LogP contribution in [0.3, 0.4) is 0 Å². The van der Waals surface area contributed by atoms with Gasteiger partial charge < -0.3 is 0 Å². The summed E-state index contributed by atoms with van der Waals surface area (Å²) in [5, 5.41) is 1.30. The molecule has 0 N–H and O–H groups in total. The van der Waals surface area contributed by atoms with Gasteiger partial charge >= 0.3 is 0 Å². The van der Waals surface area contributed by atoms with Gasteiger partial charge in [0.1, 0.15) is 0 Å². The van der Waals surface area contributed by atoms with Crippen LogP contribution in [0.1, 0.15) is 11.1 Å². The summed E-state index contributed by atoms with van der Waals surface area (Å²) in [5.41, 5.74) is 2.58. The Labute approximate surface area is 174 Å². The molecule has 0 fully saturated rings. The Hall–Kier alpha value is 0.840. The van der Waals surface area contributed by atoms with E-state index >= 15 is 0 Å². The maximum atomic E-state index is 6.15. The van der Waals surface area contributed by atoms with Crippen molar-refractivity contribution < 1.29 is 0 Å². The fourth-order valence-electron chi connectivity index (χ4n) is 2.01. The highest BCUT2D eigenvalue weighted by Gasteiger charge is 2.21. The van der Waals surface area contributed by atoms with Crippen molar-refractivity contribution >= 4 is 81.3 Å². The molecule has 0 spiro atoms. The zero-order valence-corrected chi connectivity index (χ0v) is 19.4. The van der Waals surface area contributed by atoms with Crippen LogP contribution in [0.4, 0.5) is 0 Å². The van der Waals surface area contributed by atoms with Gasteiger partial charge in [-0.2, -0.15) is 25.3 Å². The van der Waals surface area contributed by atoms with Crippen molar-refractivity contribution in [1.29, 1.82) is 0 Å². The van der Waals surface area contributed by atoms with Crippen molar-refractivity contribution in [2.45, 2.75) is 16.4 Å². The van der Waals surface area contributed by atoms with E-state index in [1.807, 2.05) is 22.8 Å². The quantitative estimate of drug-likeness (QED) is 0.260. The molecule has 0 aliphatic carbocycles. The second-order valence-corrected chi connectivity index (χ2v) is 17.9. The first-order valence-corrected chi connectivity index (χ1v) is 15.9. The molecular formula is C17H21PS6. The van der Waals surface area contributed by atoms with Gasteiger partial charge in [0, 0.05) is 27.5 Å². The highest BCUT2D eigenvalue weighted by Crippen LogP contribution is 2.69. The van der Waals surface area contributed by atoms with Crippen molar-refractivity contribution in [2.24, 2.45) is 0 Å². The fraction of sp³-hybridized carbons (Fsp3) is 0.294. The molecule has 1 unspecified atom stereocenters. The molecule has 0 bridgehead atoms. The van der Waals surface area contributed by atoms with Crippen LogP contribution in [0.25, 0.3) is 0 Å². The smallest absolute Gasteiger partial charge is 0.0853 e. The fourth-order valence-corrected chi connectivity index (χ4v) is 12.2. The Bertz CT molecular complexity index is 668. The summed E-state index contributed by atoms with van der Waals surface area (Å²) in [4.78, 5) is 1.28. The molecule has 0 nitrogen and oxygen atoms in total. The van der Waals surface area contributed by atoms with E-state index in [0.29, 0.717) is 0 Å². The normalized spacial score (nSPS) is 13.6. The van der Waals surface area contributed by atoms with E-state index in [0.717, 1.165) is 23.0 Å².